The van der Waals surface area contributed by atoms with Crippen LogP contribution in [0.25, 0.3) is 11.5 Å². The van der Waals surface area contributed by atoms with Crippen molar-refractivity contribution in [3.8, 4) is 17.2 Å². The van der Waals surface area contributed by atoms with Crippen LogP contribution in [0.1, 0.15) is 29.5 Å². The second-order valence-corrected chi connectivity index (χ2v) is 8.90. The van der Waals surface area contributed by atoms with Crippen molar-refractivity contribution in [3.05, 3.63) is 34.8 Å². The summed E-state index contributed by atoms with van der Waals surface area (Å²) < 4.78 is 40.0. The van der Waals surface area contributed by atoms with Gasteiger partial charge < -0.3 is 24.1 Å². The number of carbonyl (C=O) groups is 2. The lowest BCUT2D eigenvalue weighted by atomic mass is 10.1. The summed E-state index contributed by atoms with van der Waals surface area (Å²) in [4.78, 5) is 30.9. The number of nitrogens with one attached hydrogen (secondary N) is 2. The Morgan fingerprint density at radius 3 is 2.97 bits per heavy atom. The van der Waals surface area contributed by atoms with Gasteiger partial charge in [0.05, 0.1) is 23.7 Å². The zero-order chi connectivity index (χ0) is 24.5. The molecule has 2 aromatic heterocycles. The number of benzene rings is 1. The summed E-state index contributed by atoms with van der Waals surface area (Å²) in [5.74, 6) is -0.363. The molecule has 0 unspecified atom stereocenters. The third-order valence-electron chi connectivity index (χ3n) is 5.74. The fourth-order valence-corrected chi connectivity index (χ4v) is 5.41. The third-order valence-corrected chi connectivity index (χ3v) is 6.86. The lowest BCUT2D eigenvalue weighted by Gasteiger charge is -2.32. The van der Waals surface area contributed by atoms with Crippen LogP contribution in [0.15, 0.2) is 28.7 Å². The maximum atomic E-state index is 12.5. The van der Waals surface area contributed by atoms with E-state index in [1.165, 1.54) is 30.6 Å². The maximum absolute atomic E-state index is 12.5. The van der Waals surface area contributed by atoms with Gasteiger partial charge in [0.25, 0.3) is 0 Å². The van der Waals surface area contributed by atoms with E-state index in [9.17, 15) is 18.4 Å². The van der Waals surface area contributed by atoms with Gasteiger partial charge in [-0.25, -0.2) is 9.78 Å². The van der Waals surface area contributed by atoms with Gasteiger partial charge >= 0.3 is 24.6 Å². The average molecular weight is 506 g/mol. The van der Waals surface area contributed by atoms with Crippen molar-refractivity contribution >= 4 is 34.5 Å². The molecule has 4 heterocycles. The molecule has 2 amide bonds. The number of hydrogen-bond acceptors (Lipinski definition) is 10. The first kappa shape index (κ1) is 23.0. The van der Waals surface area contributed by atoms with E-state index < -0.39 is 18.6 Å². The van der Waals surface area contributed by atoms with Gasteiger partial charge in [-0.05, 0) is 31.0 Å². The van der Waals surface area contributed by atoms with Gasteiger partial charge in [0.2, 0.25) is 5.89 Å². The van der Waals surface area contributed by atoms with Crippen molar-refractivity contribution in [1.29, 1.82) is 0 Å². The second-order valence-electron chi connectivity index (χ2n) is 7.87. The highest BCUT2D eigenvalue weighted by Crippen LogP contribution is 2.48. The molecule has 184 valence electrons. The second kappa shape index (κ2) is 9.44. The molecule has 3 aromatic rings. The molecule has 11 nitrogen and oxygen atoms in total. The van der Waals surface area contributed by atoms with Crippen LogP contribution in [0.3, 0.4) is 0 Å². The molecule has 0 saturated carbocycles. The highest BCUT2D eigenvalue weighted by Gasteiger charge is 2.44. The molecule has 2 aliphatic heterocycles. The molecule has 0 aliphatic carbocycles. The SMILES string of the molecule is COC(=O)CNC(=O)Nc1nc2c(s1)[C@@H]1CC[C@H](C2)N1c1nnc(-c2cccc(OC(F)F)c2)o1. The number of amides is 2. The Kier molecular flexibility index (Phi) is 6.19. The Morgan fingerprint density at radius 2 is 2.17 bits per heavy atom. The standard InChI is InChI=1S/C21H20F2N6O5S/c1-32-15(30)9-24-19(31)26-20-25-13-8-11-5-6-14(16(13)35-20)29(11)21-28-27-17(34-21)10-3-2-4-12(7-10)33-18(22)23/h2-4,7,11,14,18H,5-6,8-9H2,1H3,(H2,24,25,26,31)/t11-,14+/m1/s1. The average Bonchev–Trinajstić information content (AvgIpc) is 3.54. The van der Waals surface area contributed by atoms with Gasteiger partial charge in [0.15, 0.2) is 5.13 Å². The molecule has 2 N–H and O–H groups in total. The van der Waals surface area contributed by atoms with Crippen LogP contribution in [0.4, 0.5) is 24.7 Å². The predicted octanol–water partition coefficient (Wildman–Crippen LogP) is 3.36. The Morgan fingerprint density at radius 1 is 1.31 bits per heavy atom. The maximum Gasteiger partial charge on any atom is 0.387 e. The molecule has 2 aliphatic rings. The zero-order valence-corrected chi connectivity index (χ0v) is 19.2. The molecule has 1 fully saturated rings. The van der Waals surface area contributed by atoms with Crippen molar-refractivity contribution in [2.45, 2.75) is 38.0 Å². The normalized spacial score (nSPS) is 18.3. The highest BCUT2D eigenvalue weighted by molar-refractivity contribution is 7.16. The minimum Gasteiger partial charge on any atom is -0.468 e. The van der Waals surface area contributed by atoms with E-state index in [2.05, 4.69) is 40.2 Å². The molecule has 1 aromatic carbocycles. The molecule has 1 saturated heterocycles. The van der Waals surface area contributed by atoms with Crippen molar-refractivity contribution in [1.82, 2.24) is 20.5 Å². The van der Waals surface area contributed by atoms with Crippen LogP contribution in [0, 0.1) is 0 Å². The Hall–Kier alpha value is -3.81. The van der Waals surface area contributed by atoms with E-state index in [1.807, 2.05) is 0 Å². The fourth-order valence-electron chi connectivity index (χ4n) is 4.28. The Labute approximate surface area is 201 Å². The number of carbonyl (C=O) groups excluding carboxylic acids is 2. The smallest absolute Gasteiger partial charge is 0.387 e. The number of hydrogen-bond donors (Lipinski definition) is 2. The van der Waals surface area contributed by atoms with Gasteiger partial charge in [-0.3, -0.25) is 10.1 Å². The topological polar surface area (TPSA) is 132 Å². The van der Waals surface area contributed by atoms with Crippen molar-refractivity contribution in [3.63, 3.8) is 0 Å². The number of aromatic nitrogens is 3. The number of methoxy groups -OCH3 is 1. The fraction of sp³-hybridized carbons (Fsp3) is 0.381. The summed E-state index contributed by atoms with van der Waals surface area (Å²) >= 11 is 1.35. The molecule has 14 heteroatoms. The number of rotatable bonds is 7. The monoisotopic (exact) mass is 506 g/mol. The summed E-state index contributed by atoms with van der Waals surface area (Å²) in [6.07, 6.45) is 2.40. The number of urea groups is 1. The van der Waals surface area contributed by atoms with E-state index >= 15 is 0 Å². The first-order valence-electron chi connectivity index (χ1n) is 10.7. The largest absolute Gasteiger partial charge is 0.468 e. The van der Waals surface area contributed by atoms with Gasteiger partial charge in [0.1, 0.15) is 12.3 Å². The number of anilines is 2. The van der Waals surface area contributed by atoms with Crippen LogP contribution < -0.4 is 20.3 Å². The molecule has 2 bridgehead atoms. The molecule has 0 spiro atoms. The number of alkyl halides is 2. The lowest BCUT2D eigenvalue weighted by Crippen LogP contribution is -2.37. The van der Waals surface area contributed by atoms with Crippen molar-refractivity contribution < 1.29 is 32.3 Å². The number of halogens is 2. The van der Waals surface area contributed by atoms with E-state index in [0.29, 0.717) is 23.1 Å². The molecular formula is C21H20F2N6O5S. The predicted molar refractivity (Wildman–Crippen MR) is 119 cm³/mol. The van der Waals surface area contributed by atoms with Crippen LogP contribution in [-0.2, 0) is 16.0 Å². The minimum atomic E-state index is -2.93. The minimum absolute atomic E-state index is 0.000228. The van der Waals surface area contributed by atoms with Gasteiger partial charge in [-0.1, -0.05) is 22.5 Å². The number of ether oxygens (including phenoxy) is 2. The van der Waals surface area contributed by atoms with E-state index in [1.54, 1.807) is 12.1 Å². The Bertz CT molecular complexity index is 1250. The highest BCUT2D eigenvalue weighted by atomic mass is 32.1. The Balaban J connectivity index is 1.32. The van der Waals surface area contributed by atoms with E-state index in [4.69, 9.17) is 4.42 Å². The number of thiazole rings is 1. The summed E-state index contributed by atoms with van der Waals surface area (Å²) in [5.41, 5.74) is 1.37. The van der Waals surface area contributed by atoms with Crippen LogP contribution in [0.5, 0.6) is 5.75 Å². The van der Waals surface area contributed by atoms with Crippen LogP contribution in [0.2, 0.25) is 0 Å². The first-order chi connectivity index (χ1) is 16.9. The van der Waals surface area contributed by atoms with Gasteiger partial charge in [0, 0.05) is 18.0 Å². The van der Waals surface area contributed by atoms with Crippen LogP contribution >= 0.6 is 11.3 Å². The summed E-state index contributed by atoms with van der Waals surface area (Å²) in [5, 5.41) is 13.8. The molecule has 2 atom stereocenters. The summed E-state index contributed by atoms with van der Waals surface area (Å²) in [7, 11) is 1.24. The summed E-state index contributed by atoms with van der Waals surface area (Å²) in [6, 6.07) is 5.91. The van der Waals surface area contributed by atoms with Gasteiger partial charge in [-0.15, -0.1) is 5.10 Å². The van der Waals surface area contributed by atoms with Crippen molar-refractivity contribution in [2.75, 3.05) is 23.9 Å². The van der Waals surface area contributed by atoms with E-state index in [-0.39, 0.29) is 30.3 Å². The van der Waals surface area contributed by atoms with Crippen molar-refractivity contribution in [2.24, 2.45) is 0 Å². The number of esters is 1. The van der Waals surface area contributed by atoms with E-state index in [0.717, 1.165) is 23.4 Å². The molecule has 5 rings (SSSR count). The lowest BCUT2D eigenvalue weighted by molar-refractivity contribution is -0.139. The first-order valence-corrected chi connectivity index (χ1v) is 11.5. The third kappa shape index (κ3) is 4.73. The quantitative estimate of drug-likeness (QED) is 0.463. The number of nitrogens with zero attached hydrogens (tertiary/aromatic N) is 4. The molecule has 0 radical (unpaired) electrons. The summed E-state index contributed by atoms with van der Waals surface area (Å²) in [6.45, 7) is -3.18. The molecule has 35 heavy (non-hydrogen) atoms. The van der Waals surface area contributed by atoms with Gasteiger partial charge in [-0.2, -0.15) is 8.78 Å². The zero-order valence-electron chi connectivity index (χ0n) is 18.4. The number of fused-ring (bicyclic) bond motifs is 4. The van der Waals surface area contributed by atoms with Crippen LogP contribution in [-0.4, -0.2) is 53.5 Å². The molecular weight excluding hydrogens is 486 g/mol.